The largest absolute Gasteiger partial charge is 0.508 e. The quantitative estimate of drug-likeness (QED) is 0.0127. The lowest BCUT2D eigenvalue weighted by atomic mass is 9.77. The van der Waals surface area contributed by atoms with Crippen LogP contribution in [0.5, 0.6) is 46.0 Å². The summed E-state index contributed by atoms with van der Waals surface area (Å²) in [4.78, 5) is 9.76. The summed E-state index contributed by atoms with van der Waals surface area (Å²) < 4.78 is 50.6. The average molecular weight is 1460 g/mol. The van der Waals surface area contributed by atoms with Crippen LogP contribution in [0.2, 0.25) is 0 Å². The first-order chi connectivity index (χ1) is 52.0. The molecule has 13 heteroatoms. The molecule has 8 aromatic rings. The summed E-state index contributed by atoms with van der Waals surface area (Å²) in [6, 6.07) is 53.3. The van der Waals surface area contributed by atoms with E-state index in [0.29, 0.717) is 63.1 Å². The maximum absolute atomic E-state index is 9.96. The molecule has 0 radical (unpaired) electrons. The van der Waals surface area contributed by atoms with Crippen LogP contribution in [0, 0.1) is 0 Å². The van der Waals surface area contributed by atoms with Gasteiger partial charge in [0, 0.05) is 38.4 Å². The molecule has 0 aliphatic carbocycles. The molecule has 2 N–H and O–H groups in total. The van der Waals surface area contributed by atoms with E-state index in [-0.39, 0.29) is 46.1 Å². The summed E-state index contributed by atoms with van der Waals surface area (Å²) in [6.07, 6.45) is 23.9. The zero-order valence-electron chi connectivity index (χ0n) is 65.1. The van der Waals surface area contributed by atoms with Crippen molar-refractivity contribution in [2.24, 2.45) is 0 Å². The van der Waals surface area contributed by atoms with Gasteiger partial charge in [-0.3, -0.25) is 9.78 Å². The van der Waals surface area contributed by atoms with Gasteiger partial charge < -0.3 is 52.8 Å². The minimum atomic E-state index is -0.243. The number of benzene rings is 8. The first-order valence-electron chi connectivity index (χ1n) is 37.3. The third-order valence-corrected chi connectivity index (χ3v) is 19.8. The Morgan fingerprint density at radius 1 is 0.352 bits per heavy atom. The van der Waals surface area contributed by atoms with Crippen molar-refractivity contribution >= 4 is 18.2 Å². The van der Waals surface area contributed by atoms with Gasteiger partial charge in [-0.2, -0.15) is 0 Å². The molecule has 108 heavy (non-hydrogen) atoms. The number of hydrogen-bond donors (Lipinski definition) is 2. The third-order valence-electron chi connectivity index (χ3n) is 19.8. The average Bonchev–Trinajstić information content (AvgIpc) is 1.40. The predicted octanol–water partition coefficient (Wildman–Crippen LogP) is 20.9. The van der Waals surface area contributed by atoms with Gasteiger partial charge >= 0.3 is 0 Å². The van der Waals surface area contributed by atoms with E-state index in [2.05, 4.69) is 191 Å². The molecule has 4 aliphatic heterocycles. The van der Waals surface area contributed by atoms with Crippen LogP contribution in [0.1, 0.15) is 154 Å². The number of epoxide rings is 4. The van der Waals surface area contributed by atoms with Gasteiger partial charge in [-0.05, 0) is 180 Å². The Bertz CT molecular complexity index is 4200. The fraction of sp³-hybridized carbons (Fsp3) is 0.326. The Labute approximate surface area is 641 Å². The molecule has 0 amide bonds. The molecule has 4 fully saturated rings. The fourth-order valence-electron chi connectivity index (χ4n) is 12.3. The van der Waals surface area contributed by atoms with Crippen LogP contribution >= 0.6 is 0 Å². The number of hydrogen-bond acceptors (Lipinski definition) is 13. The smallest absolute Gasteiger partial charge is 0.178 e. The van der Waals surface area contributed by atoms with Crippen LogP contribution in [-0.4, -0.2) is 94.1 Å². The zero-order valence-corrected chi connectivity index (χ0v) is 65.1. The van der Waals surface area contributed by atoms with E-state index < -0.39 is 0 Å². The molecule has 12 rings (SSSR count). The lowest BCUT2D eigenvalue weighted by molar-refractivity contribution is -0.148. The van der Waals surface area contributed by atoms with Crippen molar-refractivity contribution in [2.75, 3.05) is 59.5 Å². The number of phenols is 2. The lowest BCUT2D eigenvalue weighted by Gasteiger charge is -2.28. The Balaban J connectivity index is 0.000000168. The van der Waals surface area contributed by atoms with Crippen LogP contribution in [0.4, 0.5) is 0 Å². The molecule has 568 valence electrons. The molecule has 0 aromatic heterocycles. The summed E-state index contributed by atoms with van der Waals surface area (Å²) in [7, 11) is 0. The van der Waals surface area contributed by atoms with Gasteiger partial charge in [0.15, 0.2) is 5.75 Å². The highest BCUT2D eigenvalue weighted by atomic mass is 17.2. The van der Waals surface area contributed by atoms with Crippen molar-refractivity contribution in [2.45, 2.75) is 141 Å². The van der Waals surface area contributed by atoms with Gasteiger partial charge in [-0.25, -0.2) is 0 Å². The third kappa shape index (κ3) is 22.9. The number of ether oxygens (including phenoxy) is 9. The molecule has 4 aliphatic rings. The SMILES string of the molecule is C/C=C\c1cc(C(C)(C)c2ccc(OCC3CO3)c(/C=C/C)c2)ccc1OCC1CO1.C=CCOc1ccc(C(C)(C)c2ccc(OOC=C)cc2)cc1.C=CCc1cc(C(C)(C)c2ccc(O)c(CC=C)c2)ccc1O.C=CCc1cc(C(C)(C)c2ccc(OCC3CO3)c(/C=C\C)c2)ccc1OCC1CO1. The van der Waals surface area contributed by atoms with Gasteiger partial charge in [-0.1, -0.05) is 208 Å². The molecule has 0 saturated carbocycles. The molecule has 8 aromatic carbocycles. The highest BCUT2D eigenvalue weighted by molar-refractivity contribution is 5.64. The Morgan fingerprint density at radius 2 is 0.639 bits per heavy atom. The first kappa shape index (κ1) is 81.8. The molecule has 4 atom stereocenters. The van der Waals surface area contributed by atoms with Crippen molar-refractivity contribution in [1.29, 1.82) is 0 Å². The van der Waals surface area contributed by atoms with E-state index in [4.69, 9.17) is 52.4 Å². The summed E-state index contributed by atoms with van der Waals surface area (Å²) >= 11 is 0. The molecule has 0 spiro atoms. The molecule has 4 saturated heterocycles. The van der Waals surface area contributed by atoms with Crippen molar-refractivity contribution in [1.82, 2.24) is 0 Å². The summed E-state index contributed by atoms with van der Waals surface area (Å²) in [6.45, 7) is 48.4. The van der Waals surface area contributed by atoms with E-state index >= 15 is 0 Å². The molecule has 4 heterocycles. The van der Waals surface area contributed by atoms with E-state index in [1.807, 2.05) is 106 Å². The number of aromatic hydroxyl groups is 2. The van der Waals surface area contributed by atoms with Gasteiger partial charge in [0.1, 0.15) is 104 Å². The maximum Gasteiger partial charge on any atom is 0.178 e. The van der Waals surface area contributed by atoms with Gasteiger partial charge in [-0.15, -0.1) is 19.7 Å². The van der Waals surface area contributed by atoms with Crippen molar-refractivity contribution < 1.29 is 62.6 Å². The van der Waals surface area contributed by atoms with E-state index in [1.165, 1.54) is 39.6 Å². The predicted molar refractivity (Wildman–Crippen MR) is 438 cm³/mol. The fourth-order valence-corrected chi connectivity index (χ4v) is 12.3. The highest BCUT2D eigenvalue weighted by Crippen LogP contribution is 2.42. The van der Waals surface area contributed by atoms with Gasteiger partial charge in [0.2, 0.25) is 0 Å². The van der Waals surface area contributed by atoms with E-state index in [1.54, 1.807) is 30.4 Å². The van der Waals surface area contributed by atoms with Gasteiger partial charge in [0.05, 0.1) is 26.4 Å². The summed E-state index contributed by atoms with van der Waals surface area (Å²) in [5, 5.41) is 19.9. The number of rotatable bonds is 35. The normalized spacial score (nSPS) is 16.2. The van der Waals surface area contributed by atoms with Crippen LogP contribution < -0.4 is 28.6 Å². The first-order valence-corrected chi connectivity index (χ1v) is 37.3. The van der Waals surface area contributed by atoms with E-state index in [9.17, 15) is 10.2 Å². The maximum atomic E-state index is 9.96. The van der Waals surface area contributed by atoms with E-state index in [0.717, 1.165) is 106 Å². The minimum Gasteiger partial charge on any atom is -0.508 e. The molecular formula is C95H110O13. The molecular weight excluding hydrogens is 1350 g/mol. The standard InChI is InChI=1S/2C27H32O4.C21H24O2.C20H22O3/c2*1-5-7-19-13-21(9-11-25(19)30-17-23-15-28-23)27(3,4)22-10-12-26(20(14-22)8-6-2)31-18-24-16-29-24;1-5-7-15-13-17(9-11-19(15)22)21(3,4)18-10-12-20(23)16(14-18)8-6-2;1-5-15-21-18-11-7-16(8-12-18)20(3,4)17-9-13-19(14-10-17)23-22-6-2/h5-14,23-24H,15-18H2,1-4H3;5-6,8-14,23-24H,1,7,15-18H2,2-4H3;5-6,9-14,22-23H,1-2,7-8H2,3-4H3;5-14H,1-2,15H2,3-4H3/b7-5-,8-6+;8-6-;;. The zero-order chi connectivity index (χ0) is 77.4. The van der Waals surface area contributed by atoms with Crippen molar-refractivity contribution in [3.05, 3.63) is 317 Å². The van der Waals surface area contributed by atoms with Crippen LogP contribution in [-0.2, 0) is 64.8 Å². The minimum absolute atomic E-state index is 0.130. The van der Waals surface area contributed by atoms with Crippen molar-refractivity contribution in [3.63, 3.8) is 0 Å². The lowest BCUT2D eigenvalue weighted by Crippen LogP contribution is -2.20. The second-order valence-corrected chi connectivity index (χ2v) is 29.3. The molecule has 0 bridgehead atoms. The number of allylic oxidation sites excluding steroid dienone is 6. The molecule has 4 unspecified atom stereocenters. The Kier molecular flexibility index (Phi) is 29.2. The van der Waals surface area contributed by atoms with Crippen molar-refractivity contribution in [3.8, 4) is 46.0 Å². The Morgan fingerprint density at radius 3 is 0.963 bits per heavy atom. The molecule has 13 nitrogen and oxygen atoms in total. The summed E-state index contributed by atoms with van der Waals surface area (Å²) in [5.74, 6) is 5.67. The Hall–Kier alpha value is -10.3. The van der Waals surface area contributed by atoms with Gasteiger partial charge in [0.25, 0.3) is 0 Å². The highest BCUT2D eigenvalue weighted by Gasteiger charge is 2.32. The number of phenolic OH excluding ortho intramolecular Hbond substituents is 2. The van der Waals surface area contributed by atoms with Crippen LogP contribution in [0.3, 0.4) is 0 Å². The second kappa shape index (κ2) is 38.5. The summed E-state index contributed by atoms with van der Waals surface area (Å²) in [5.41, 5.74) is 15.0. The topological polar surface area (TPSA) is 155 Å². The van der Waals surface area contributed by atoms with Crippen LogP contribution in [0.15, 0.2) is 239 Å². The van der Waals surface area contributed by atoms with Crippen LogP contribution in [0.25, 0.3) is 18.2 Å². The second-order valence-electron chi connectivity index (χ2n) is 29.3. The monoisotopic (exact) mass is 1460 g/mol.